The van der Waals surface area contributed by atoms with Crippen LogP contribution in [0.2, 0.25) is 5.02 Å². The molecule has 1 amide bonds. The van der Waals surface area contributed by atoms with Gasteiger partial charge in [0.25, 0.3) is 12.4 Å². The summed E-state index contributed by atoms with van der Waals surface area (Å²) in [5.41, 5.74) is -2.41. The van der Waals surface area contributed by atoms with Crippen LogP contribution in [0.3, 0.4) is 0 Å². The summed E-state index contributed by atoms with van der Waals surface area (Å²) in [7, 11) is 3.66. The standard InChI is InChI=1S/C21H21ClF4N2O4.C2H4O2/c1-10-14(12-9-13(22)17(31-4)15(23)16(12)30-3)18(32-20(10,2)21(24,25)26)19(29)28-11-5-7-27-8-6-11;1-4-2-3/h5-10,14,18H,1-4H3,(H,27,28,29);2H,1H3/t10-,14-,18+,20+;/m0./s1. The van der Waals surface area contributed by atoms with Gasteiger partial charge in [-0.2, -0.15) is 17.6 Å². The normalized spacial score (nSPS) is 23.2. The first-order valence-corrected chi connectivity index (χ1v) is 10.8. The topological polar surface area (TPSA) is 96.0 Å². The van der Waals surface area contributed by atoms with E-state index in [-0.39, 0.29) is 22.1 Å². The average molecular weight is 537 g/mol. The van der Waals surface area contributed by atoms with Crippen molar-refractivity contribution in [2.45, 2.75) is 37.6 Å². The highest BCUT2D eigenvalue weighted by molar-refractivity contribution is 6.32. The smallest absolute Gasteiger partial charge is 0.417 e. The van der Waals surface area contributed by atoms with Crippen molar-refractivity contribution in [2.75, 3.05) is 26.6 Å². The number of rotatable bonds is 6. The molecule has 8 nitrogen and oxygen atoms in total. The maximum Gasteiger partial charge on any atom is 0.417 e. The minimum Gasteiger partial charge on any atom is -0.493 e. The predicted octanol–water partition coefficient (Wildman–Crippen LogP) is 4.76. The molecular formula is C23H25ClF4N2O6. The van der Waals surface area contributed by atoms with Crippen molar-refractivity contribution >= 4 is 29.7 Å². The fraction of sp³-hybridized carbons (Fsp3) is 0.435. The van der Waals surface area contributed by atoms with Crippen molar-refractivity contribution in [3.05, 3.63) is 47.0 Å². The molecule has 0 bridgehead atoms. The molecule has 1 aromatic heterocycles. The van der Waals surface area contributed by atoms with Crippen molar-refractivity contribution in [2.24, 2.45) is 5.92 Å². The molecule has 13 heteroatoms. The van der Waals surface area contributed by atoms with E-state index in [0.29, 0.717) is 12.2 Å². The SMILES string of the molecule is COC=O.COc1c(Cl)cc([C@H]2[C@H](C(=O)Nc3ccncc3)O[C@@](C)(C(F)(F)F)[C@H]2C)c(OC)c1F. The minimum atomic E-state index is -4.81. The molecule has 1 fully saturated rings. The summed E-state index contributed by atoms with van der Waals surface area (Å²) in [6.07, 6.45) is -3.61. The molecular weight excluding hydrogens is 512 g/mol. The number of benzene rings is 1. The van der Waals surface area contributed by atoms with E-state index < -0.39 is 41.4 Å². The predicted molar refractivity (Wildman–Crippen MR) is 122 cm³/mol. The molecule has 0 unspecified atom stereocenters. The largest absolute Gasteiger partial charge is 0.493 e. The molecule has 198 valence electrons. The number of hydrogen-bond donors (Lipinski definition) is 1. The van der Waals surface area contributed by atoms with Crippen LogP contribution in [-0.4, -0.2) is 56.6 Å². The van der Waals surface area contributed by atoms with E-state index in [2.05, 4.69) is 15.0 Å². The van der Waals surface area contributed by atoms with Crippen LogP contribution in [0.1, 0.15) is 25.3 Å². The lowest BCUT2D eigenvalue weighted by Gasteiger charge is -2.32. The van der Waals surface area contributed by atoms with Crippen molar-refractivity contribution in [1.29, 1.82) is 0 Å². The maximum absolute atomic E-state index is 15.0. The highest BCUT2D eigenvalue weighted by Gasteiger charge is 2.66. The second-order valence-electron chi connectivity index (χ2n) is 7.84. The van der Waals surface area contributed by atoms with Crippen LogP contribution in [0, 0.1) is 11.7 Å². The number of methoxy groups -OCH3 is 3. The van der Waals surface area contributed by atoms with Gasteiger partial charge in [0.15, 0.2) is 17.1 Å². The van der Waals surface area contributed by atoms with Gasteiger partial charge in [-0.1, -0.05) is 18.5 Å². The number of halogens is 5. The third-order valence-electron chi connectivity index (χ3n) is 5.90. The zero-order valence-corrected chi connectivity index (χ0v) is 20.7. The summed E-state index contributed by atoms with van der Waals surface area (Å²) in [6.45, 7) is 2.52. The Morgan fingerprint density at radius 2 is 1.75 bits per heavy atom. The van der Waals surface area contributed by atoms with Crippen LogP contribution in [0.25, 0.3) is 0 Å². The third kappa shape index (κ3) is 5.65. The molecule has 0 radical (unpaired) electrons. The number of nitrogens with zero attached hydrogens (tertiary/aromatic N) is 1. The number of ether oxygens (including phenoxy) is 4. The van der Waals surface area contributed by atoms with Crippen LogP contribution < -0.4 is 14.8 Å². The molecule has 1 aliphatic rings. The first kappa shape index (κ1) is 29.1. The number of pyridine rings is 1. The number of carbonyl (C=O) groups is 2. The number of nitrogens with one attached hydrogen (secondary N) is 1. The van der Waals surface area contributed by atoms with Crippen LogP contribution in [0.5, 0.6) is 11.5 Å². The van der Waals surface area contributed by atoms with E-state index in [1.54, 1.807) is 0 Å². The number of hydrogen-bond acceptors (Lipinski definition) is 7. The zero-order valence-electron chi connectivity index (χ0n) is 20.0. The van der Waals surface area contributed by atoms with Gasteiger partial charge >= 0.3 is 6.18 Å². The molecule has 0 saturated carbocycles. The Morgan fingerprint density at radius 1 is 1.19 bits per heavy atom. The van der Waals surface area contributed by atoms with Crippen molar-refractivity contribution in [3.8, 4) is 11.5 Å². The van der Waals surface area contributed by atoms with Crippen LogP contribution in [-0.2, 0) is 19.1 Å². The van der Waals surface area contributed by atoms with Gasteiger partial charge in [-0.05, 0) is 25.1 Å². The van der Waals surface area contributed by atoms with Gasteiger partial charge in [-0.15, -0.1) is 0 Å². The quantitative estimate of drug-likeness (QED) is 0.420. The lowest BCUT2D eigenvalue weighted by atomic mass is 9.77. The van der Waals surface area contributed by atoms with Gasteiger partial charge < -0.3 is 24.3 Å². The van der Waals surface area contributed by atoms with E-state index in [1.807, 2.05) is 0 Å². The lowest BCUT2D eigenvalue weighted by molar-refractivity contribution is -0.272. The number of alkyl halides is 3. The molecule has 1 N–H and O–H groups in total. The van der Waals surface area contributed by atoms with Crippen molar-refractivity contribution in [1.82, 2.24) is 4.98 Å². The Labute approximate surface area is 209 Å². The fourth-order valence-corrected chi connectivity index (χ4v) is 4.19. The Morgan fingerprint density at radius 3 is 2.22 bits per heavy atom. The van der Waals surface area contributed by atoms with E-state index in [9.17, 15) is 22.4 Å². The molecule has 0 aliphatic carbocycles. The molecule has 1 aliphatic heterocycles. The van der Waals surface area contributed by atoms with Gasteiger partial charge in [-0.25, -0.2) is 0 Å². The van der Waals surface area contributed by atoms with Gasteiger partial charge in [0, 0.05) is 35.5 Å². The van der Waals surface area contributed by atoms with E-state index in [1.165, 1.54) is 51.7 Å². The summed E-state index contributed by atoms with van der Waals surface area (Å²) < 4.78 is 76.2. The number of aromatic nitrogens is 1. The third-order valence-corrected chi connectivity index (χ3v) is 6.18. The number of anilines is 1. The fourth-order valence-electron chi connectivity index (χ4n) is 3.92. The first-order valence-electron chi connectivity index (χ1n) is 10.4. The Kier molecular flexibility index (Phi) is 9.50. The molecule has 0 spiro atoms. The van der Waals surface area contributed by atoms with Crippen LogP contribution in [0.15, 0.2) is 30.6 Å². The second-order valence-corrected chi connectivity index (χ2v) is 8.25. The van der Waals surface area contributed by atoms with Crippen molar-refractivity contribution in [3.63, 3.8) is 0 Å². The van der Waals surface area contributed by atoms with E-state index in [0.717, 1.165) is 14.0 Å². The summed E-state index contributed by atoms with van der Waals surface area (Å²) in [4.78, 5) is 25.8. The molecule has 3 rings (SSSR count). The Balaban J connectivity index is 0.00000106. The molecule has 4 atom stereocenters. The summed E-state index contributed by atoms with van der Waals surface area (Å²) >= 11 is 6.12. The Hall–Kier alpha value is -3.12. The molecule has 36 heavy (non-hydrogen) atoms. The van der Waals surface area contributed by atoms with Crippen molar-refractivity contribution < 1.29 is 46.1 Å². The van der Waals surface area contributed by atoms with Gasteiger partial charge in [-0.3, -0.25) is 14.6 Å². The van der Waals surface area contributed by atoms with E-state index >= 15 is 0 Å². The van der Waals surface area contributed by atoms with Gasteiger partial charge in [0.05, 0.1) is 26.4 Å². The second kappa shape index (κ2) is 11.7. The minimum absolute atomic E-state index is 0.0360. The Bertz CT molecular complexity index is 1070. The lowest BCUT2D eigenvalue weighted by Crippen LogP contribution is -2.47. The van der Waals surface area contributed by atoms with Gasteiger partial charge in [0.1, 0.15) is 6.10 Å². The molecule has 2 aromatic rings. The summed E-state index contributed by atoms with van der Waals surface area (Å²) in [5.74, 6) is -5.06. The maximum atomic E-state index is 15.0. The summed E-state index contributed by atoms with van der Waals surface area (Å²) in [6, 6.07) is 4.18. The number of carbonyl (C=O) groups excluding carboxylic acids is 2. The van der Waals surface area contributed by atoms with Crippen LogP contribution >= 0.6 is 11.6 Å². The van der Waals surface area contributed by atoms with E-state index in [4.69, 9.17) is 30.6 Å². The highest BCUT2D eigenvalue weighted by atomic mass is 35.5. The number of amides is 1. The zero-order chi connectivity index (χ0) is 27.3. The first-order chi connectivity index (χ1) is 16.9. The summed E-state index contributed by atoms with van der Waals surface area (Å²) in [5, 5.41) is 2.34. The average Bonchev–Trinajstić information content (AvgIpc) is 3.11. The molecule has 1 aromatic carbocycles. The highest BCUT2D eigenvalue weighted by Crippen LogP contribution is 2.56. The molecule has 2 heterocycles. The molecule has 1 saturated heterocycles. The van der Waals surface area contributed by atoms with Crippen LogP contribution in [0.4, 0.5) is 23.2 Å². The van der Waals surface area contributed by atoms with Gasteiger partial charge in [0.2, 0.25) is 5.82 Å². The monoisotopic (exact) mass is 536 g/mol.